The normalized spacial score (nSPS) is 10.4. The molecule has 0 atom stereocenters. The molecule has 24 heavy (non-hydrogen) atoms. The Morgan fingerprint density at radius 2 is 1.25 bits per heavy atom. The molecule has 4 heteroatoms. The van der Waals surface area contributed by atoms with Gasteiger partial charge in [-0.2, -0.15) is 4.39 Å². The second kappa shape index (κ2) is 7.51. The molecule has 3 nitrogen and oxygen atoms in total. The first kappa shape index (κ1) is 15.9. The van der Waals surface area contributed by atoms with E-state index >= 15 is 0 Å². The van der Waals surface area contributed by atoms with E-state index in [4.69, 9.17) is 15.2 Å². The molecule has 0 bridgehead atoms. The second-order valence-corrected chi connectivity index (χ2v) is 5.34. The van der Waals surface area contributed by atoms with Gasteiger partial charge in [0.05, 0.1) is 5.69 Å². The molecular weight excluding hydrogens is 305 g/mol. The third kappa shape index (κ3) is 3.84. The van der Waals surface area contributed by atoms with Crippen molar-refractivity contribution in [2.45, 2.75) is 13.2 Å². The first-order chi connectivity index (χ1) is 11.7. The van der Waals surface area contributed by atoms with Crippen LogP contribution >= 0.6 is 0 Å². The number of anilines is 1. The Kier molecular flexibility index (Phi) is 4.96. The third-order valence-electron chi connectivity index (χ3n) is 3.56. The highest BCUT2D eigenvalue weighted by Crippen LogP contribution is 2.33. The van der Waals surface area contributed by atoms with Crippen LogP contribution in [0.3, 0.4) is 0 Å². The fraction of sp³-hybridized carbons (Fsp3) is 0.100. The number of ether oxygens (including phenoxy) is 2. The van der Waals surface area contributed by atoms with Crippen molar-refractivity contribution in [3.8, 4) is 11.5 Å². The number of rotatable bonds is 6. The van der Waals surface area contributed by atoms with Crippen LogP contribution in [-0.4, -0.2) is 0 Å². The van der Waals surface area contributed by atoms with Crippen molar-refractivity contribution in [3.63, 3.8) is 0 Å². The topological polar surface area (TPSA) is 44.5 Å². The summed E-state index contributed by atoms with van der Waals surface area (Å²) in [6.45, 7) is 0.518. The van der Waals surface area contributed by atoms with E-state index in [1.165, 1.54) is 6.07 Å². The summed E-state index contributed by atoms with van der Waals surface area (Å²) in [4.78, 5) is 0. The van der Waals surface area contributed by atoms with Crippen LogP contribution < -0.4 is 15.2 Å². The van der Waals surface area contributed by atoms with Crippen molar-refractivity contribution in [2.24, 2.45) is 0 Å². The van der Waals surface area contributed by atoms with Gasteiger partial charge in [0.25, 0.3) is 0 Å². The lowest BCUT2D eigenvalue weighted by Crippen LogP contribution is -2.04. The summed E-state index contributed by atoms with van der Waals surface area (Å²) < 4.78 is 25.7. The number of nitrogen functional groups attached to an aromatic ring is 1. The van der Waals surface area contributed by atoms with Crippen LogP contribution in [0.15, 0.2) is 72.8 Å². The number of hydrogen-bond donors (Lipinski definition) is 1. The van der Waals surface area contributed by atoms with Gasteiger partial charge < -0.3 is 15.2 Å². The number of benzene rings is 3. The van der Waals surface area contributed by atoms with Crippen molar-refractivity contribution >= 4 is 5.69 Å². The number of hydrogen-bond acceptors (Lipinski definition) is 3. The molecule has 2 N–H and O–H groups in total. The molecule has 0 spiro atoms. The minimum absolute atomic E-state index is 0.0180. The monoisotopic (exact) mass is 323 g/mol. The van der Waals surface area contributed by atoms with E-state index in [0.717, 1.165) is 11.1 Å². The van der Waals surface area contributed by atoms with Crippen molar-refractivity contribution in [3.05, 3.63) is 89.7 Å². The molecule has 0 fully saturated rings. The molecule has 0 saturated heterocycles. The van der Waals surface area contributed by atoms with Gasteiger partial charge in [-0.15, -0.1) is 0 Å². The van der Waals surface area contributed by atoms with Crippen LogP contribution in [0.5, 0.6) is 11.5 Å². The zero-order valence-electron chi connectivity index (χ0n) is 13.1. The Labute approximate surface area is 140 Å². The van der Waals surface area contributed by atoms with Crippen LogP contribution in [0.1, 0.15) is 11.1 Å². The van der Waals surface area contributed by atoms with Crippen LogP contribution in [0.25, 0.3) is 0 Å². The van der Waals surface area contributed by atoms with Gasteiger partial charge >= 0.3 is 0 Å². The Morgan fingerprint density at radius 3 is 1.83 bits per heavy atom. The maximum atomic E-state index is 14.6. The summed E-state index contributed by atoms with van der Waals surface area (Å²) in [5.74, 6) is -0.442. The van der Waals surface area contributed by atoms with Gasteiger partial charge in [-0.25, -0.2) is 0 Å². The Balaban J connectivity index is 1.72. The first-order valence-corrected chi connectivity index (χ1v) is 7.65. The minimum atomic E-state index is -0.582. The van der Waals surface area contributed by atoms with Gasteiger partial charge in [-0.05, 0) is 23.3 Å². The molecule has 0 aromatic heterocycles. The van der Waals surface area contributed by atoms with E-state index in [1.807, 2.05) is 60.7 Å². The molecule has 0 aliphatic heterocycles. The molecule has 0 aliphatic carbocycles. The smallest absolute Gasteiger partial charge is 0.209 e. The highest BCUT2D eigenvalue weighted by atomic mass is 19.1. The van der Waals surface area contributed by atoms with E-state index in [2.05, 4.69) is 0 Å². The summed E-state index contributed by atoms with van der Waals surface area (Å²) in [5, 5.41) is 0. The predicted molar refractivity (Wildman–Crippen MR) is 92.4 cm³/mol. The summed E-state index contributed by atoms with van der Waals surface area (Å²) in [7, 11) is 0. The highest BCUT2D eigenvalue weighted by Gasteiger charge is 2.15. The van der Waals surface area contributed by atoms with Gasteiger partial charge in [0.2, 0.25) is 5.82 Å². The molecular formula is C20H18FNO2. The summed E-state index contributed by atoms with van der Waals surface area (Å²) in [5.41, 5.74) is 7.98. The molecule has 3 rings (SSSR count). The Bertz CT molecular complexity index is 791. The lowest BCUT2D eigenvalue weighted by Gasteiger charge is -2.13. The molecule has 0 unspecified atom stereocenters. The minimum Gasteiger partial charge on any atom is -0.486 e. The van der Waals surface area contributed by atoms with Crippen molar-refractivity contribution in [1.82, 2.24) is 0 Å². The van der Waals surface area contributed by atoms with Gasteiger partial charge in [-0.1, -0.05) is 60.7 Å². The average Bonchev–Trinajstić information content (AvgIpc) is 2.63. The van der Waals surface area contributed by atoms with Gasteiger partial charge in [0.15, 0.2) is 11.5 Å². The zero-order valence-corrected chi connectivity index (χ0v) is 13.1. The van der Waals surface area contributed by atoms with Gasteiger partial charge in [0.1, 0.15) is 13.2 Å². The molecule has 122 valence electrons. The van der Waals surface area contributed by atoms with Gasteiger partial charge in [0, 0.05) is 0 Å². The lowest BCUT2D eigenvalue weighted by molar-refractivity contribution is 0.264. The molecule has 0 saturated carbocycles. The van der Waals surface area contributed by atoms with Crippen molar-refractivity contribution < 1.29 is 13.9 Å². The van der Waals surface area contributed by atoms with E-state index in [-0.39, 0.29) is 30.4 Å². The Hall–Kier alpha value is -3.01. The van der Waals surface area contributed by atoms with Crippen molar-refractivity contribution in [1.29, 1.82) is 0 Å². The van der Waals surface area contributed by atoms with Gasteiger partial charge in [-0.3, -0.25) is 0 Å². The largest absolute Gasteiger partial charge is 0.486 e. The van der Waals surface area contributed by atoms with Crippen LogP contribution in [0.2, 0.25) is 0 Å². The van der Waals surface area contributed by atoms with Crippen LogP contribution in [-0.2, 0) is 13.2 Å². The fourth-order valence-electron chi connectivity index (χ4n) is 2.28. The fourth-order valence-corrected chi connectivity index (χ4v) is 2.28. The summed E-state index contributed by atoms with van der Waals surface area (Å²) in [6.07, 6.45) is 0. The summed E-state index contributed by atoms with van der Waals surface area (Å²) >= 11 is 0. The van der Waals surface area contributed by atoms with Crippen LogP contribution in [0, 0.1) is 5.82 Å². The zero-order chi connectivity index (χ0) is 16.8. The SMILES string of the molecule is Nc1ccc(OCc2ccccc2)c(F)c1OCc1ccccc1. The molecule has 0 radical (unpaired) electrons. The molecule has 3 aromatic carbocycles. The maximum Gasteiger partial charge on any atom is 0.209 e. The van der Waals surface area contributed by atoms with Crippen LogP contribution in [0.4, 0.5) is 10.1 Å². The van der Waals surface area contributed by atoms with Crippen molar-refractivity contribution in [2.75, 3.05) is 5.73 Å². The molecule has 0 aliphatic rings. The van der Waals surface area contributed by atoms with E-state index in [1.54, 1.807) is 6.07 Å². The average molecular weight is 323 g/mol. The standard InChI is InChI=1S/C20H18FNO2/c21-19-18(23-13-15-7-3-1-4-8-15)12-11-17(22)20(19)24-14-16-9-5-2-6-10-16/h1-12H,13-14,22H2. The maximum absolute atomic E-state index is 14.6. The van der Waals surface area contributed by atoms with E-state index in [0.29, 0.717) is 0 Å². The molecule has 0 heterocycles. The predicted octanol–water partition coefficient (Wildman–Crippen LogP) is 4.57. The second-order valence-electron chi connectivity index (χ2n) is 5.34. The number of nitrogens with two attached hydrogens (primary N) is 1. The lowest BCUT2D eigenvalue weighted by atomic mass is 10.2. The Morgan fingerprint density at radius 1 is 0.708 bits per heavy atom. The molecule has 0 amide bonds. The highest BCUT2D eigenvalue weighted by molar-refractivity contribution is 5.57. The first-order valence-electron chi connectivity index (χ1n) is 7.65. The van der Waals surface area contributed by atoms with E-state index in [9.17, 15) is 4.39 Å². The summed E-state index contributed by atoms with van der Waals surface area (Å²) in [6, 6.07) is 22.2. The molecule has 3 aromatic rings. The third-order valence-corrected chi connectivity index (χ3v) is 3.56. The quantitative estimate of drug-likeness (QED) is 0.676. The number of halogens is 1. The van der Waals surface area contributed by atoms with E-state index < -0.39 is 5.82 Å².